The standard InChI is InChI=1S/C13H25N5O.HI/c1-6-14-13(16-10(4)9(2)3)15-8-7-12-17-11(5)18-19-12;/h9-10H,6-8H2,1-5H3,(H2,14,15,16);1H. The van der Waals surface area contributed by atoms with Gasteiger partial charge in [-0.25, -0.2) is 0 Å². The topological polar surface area (TPSA) is 75.3 Å². The van der Waals surface area contributed by atoms with Gasteiger partial charge in [0.05, 0.1) is 6.54 Å². The number of hydrogen-bond donors (Lipinski definition) is 2. The van der Waals surface area contributed by atoms with E-state index in [9.17, 15) is 0 Å². The molecule has 0 aliphatic heterocycles. The summed E-state index contributed by atoms with van der Waals surface area (Å²) in [5, 5.41) is 10.4. The number of aryl methyl sites for hydroxylation is 1. The van der Waals surface area contributed by atoms with E-state index in [1.54, 1.807) is 0 Å². The molecule has 0 radical (unpaired) electrons. The van der Waals surface area contributed by atoms with Crippen molar-refractivity contribution in [2.24, 2.45) is 10.9 Å². The molecule has 0 amide bonds. The first-order chi connectivity index (χ1) is 9.02. The summed E-state index contributed by atoms with van der Waals surface area (Å²) in [5.74, 6) is 2.69. The Balaban J connectivity index is 0.00000361. The Kier molecular flexibility index (Phi) is 9.52. The average Bonchev–Trinajstić information content (AvgIpc) is 2.75. The maximum Gasteiger partial charge on any atom is 0.228 e. The first-order valence-electron chi connectivity index (χ1n) is 6.87. The quantitative estimate of drug-likeness (QED) is 0.439. The third kappa shape index (κ3) is 7.06. The van der Waals surface area contributed by atoms with Crippen molar-refractivity contribution in [2.45, 2.75) is 47.1 Å². The largest absolute Gasteiger partial charge is 0.357 e. The van der Waals surface area contributed by atoms with E-state index in [1.165, 1.54) is 0 Å². The molecule has 6 nitrogen and oxygen atoms in total. The highest BCUT2D eigenvalue weighted by atomic mass is 127. The lowest BCUT2D eigenvalue weighted by Crippen LogP contribution is -2.44. The van der Waals surface area contributed by atoms with E-state index in [1.807, 2.05) is 6.92 Å². The van der Waals surface area contributed by atoms with Crippen molar-refractivity contribution in [1.82, 2.24) is 20.8 Å². The molecule has 1 aromatic heterocycles. The zero-order valence-corrected chi connectivity index (χ0v) is 15.3. The predicted molar refractivity (Wildman–Crippen MR) is 91.6 cm³/mol. The Hall–Kier alpha value is -0.860. The fourth-order valence-corrected chi connectivity index (χ4v) is 1.41. The summed E-state index contributed by atoms with van der Waals surface area (Å²) in [6, 6.07) is 0.378. The van der Waals surface area contributed by atoms with Gasteiger partial charge in [0.15, 0.2) is 11.8 Å². The normalized spacial score (nSPS) is 13.0. The number of guanidine groups is 1. The Bertz CT molecular complexity index is 405. The van der Waals surface area contributed by atoms with E-state index >= 15 is 0 Å². The Labute approximate surface area is 138 Å². The molecule has 1 rings (SSSR count). The number of nitrogens with zero attached hydrogens (tertiary/aromatic N) is 3. The zero-order chi connectivity index (χ0) is 14.3. The minimum Gasteiger partial charge on any atom is -0.357 e. The molecule has 0 aliphatic carbocycles. The molecule has 0 aliphatic rings. The van der Waals surface area contributed by atoms with Gasteiger partial charge in [0, 0.05) is 19.0 Å². The van der Waals surface area contributed by atoms with Crippen molar-refractivity contribution in [3.63, 3.8) is 0 Å². The monoisotopic (exact) mass is 395 g/mol. The molecule has 0 bridgehead atoms. The SMILES string of the molecule is CCNC(=NCCc1nc(C)no1)NC(C)C(C)C.I. The van der Waals surface area contributed by atoms with Gasteiger partial charge in [-0.3, -0.25) is 4.99 Å². The van der Waals surface area contributed by atoms with Crippen LogP contribution in [0.25, 0.3) is 0 Å². The highest BCUT2D eigenvalue weighted by Crippen LogP contribution is 2.00. The van der Waals surface area contributed by atoms with Crippen molar-refractivity contribution in [1.29, 1.82) is 0 Å². The average molecular weight is 395 g/mol. The number of aliphatic imine (C=N–C) groups is 1. The molecule has 1 unspecified atom stereocenters. The fourth-order valence-electron chi connectivity index (χ4n) is 1.41. The molecule has 1 aromatic rings. The molecule has 20 heavy (non-hydrogen) atoms. The maximum atomic E-state index is 5.05. The van der Waals surface area contributed by atoms with E-state index in [0.717, 1.165) is 12.5 Å². The first kappa shape index (κ1) is 19.1. The van der Waals surface area contributed by atoms with Crippen LogP contribution in [-0.2, 0) is 6.42 Å². The van der Waals surface area contributed by atoms with Gasteiger partial charge in [0.1, 0.15) is 0 Å². The van der Waals surface area contributed by atoms with Gasteiger partial charge in [-0.05, 0) is 26.7 Å². The van der Waals surface area contributed by atoms with E-state index in [4.69, 9.17) is 4.52 Å². The molecule has 7 heteroatoms. The summed E-state index contributed by atoms with van der Waals surface area (Å²) in [6.07, 6.45) is 0.660. The van der Waals surface area contributed by atoms with Crippen LogP contribution in [0, 0.1) is 12.8 Å². The van der Waals surface area contributed by atoms with Gasteiger partial charge in [0.25, 0.3) is 0 Å². The van der Waals surface area contributed by atoms with E-state index in [2.05, 4.69) is 53.5 Å². The van der Waals surface area contributed by atoms with Crippen molar-refractivity contribution in [3.05, 3.63) is 11.7 Å². The molecule has 116 valence electrons. The molecule has 2 N–H and O–H groups in total. The zero-order valence-electron chi connectivity index (χ0n) is 12.9. The van der Waals surface area contributed by atoms with Crippen LogP contribution < -0.4 is 10.6 Å². The minimum absolute atomic E-state index is 0. The number of halogens is 1. The lowest BCUT2D eigenvalue weighted by atomic mass is 10.1. The van der Waals surface area contributed by atoms with Gasteiger partial charge in [-0.2, -0.15) is 4.98 Å². The molecule has 0 saturated heterocycles. The Morgan fingerprint density at radius 3 is 2.55 bits per heavy atom. The molecule has 0 fully saturated rings. The van der Waals surface area contributed by atoms with Crippen LogP contribution in [0.4, 0.5) is 0 Å². The number of rotatable bonds is 6. The molecule has 0 aromatic carbocycles. The maximum absolute atomic E-state index is 5.05. The van der Waals surface area contributed by atoms with Crippen LogP contribution in [0.2, 0.25) is 0 Å². The van der Waals surface area contributed by atoms with E-state index in [-0.39, 0.29) is 24.0 Å². The van der Waals surface area contributed by atoms with Crippen LogP contribution in [0.15, 0.2) is 9.52 Å². The van der Waals surface area contributed by atoms with Crippen LogP contribution in [-0.4, -0.2) is 35.2 Å². The second kappa shape index (κ2) is 9.95. The summed E-state index contributed by atoms with van der Waals surface area (Å²) in [5.41, 5.74) is 0. The van der Waals surface area contributed by atoms with Gasteiger partial charge < -0.3 is 15.2 Å². The van der Waals surface area contributed by atoms with Gasteiger partial charge in [0.2, 0.25) is 5.89 Å². The Morgan fingerprint density at radius 2 is 2.05 bits per heavy atom. The summed E-state index contributed by atoms with van der Waals surface area (Å²) in [7, 11) is 0. The second-order valence-electron chi connectivity index (χ2n) is 4.92. The van der Waals surface area contributed by atoms with Crippen molar-refractivity contribution >= 4 is 29.9 Å². The predicted octanol–water partition coefficient (Wildman–Crippen LogP) is 2.14. The van der Waals surface area contributed by atoms with Crippen molar-refractivity contribution in [2.75, 3.05) is 13.1 Å². The van der Waals surface area contributed by atoms with Crippen LogP contribution in [0.5, 0.6) is 0 Å². The smallest absolute Gasteiger partial charge is 0.228 e. The number of hydrogen-bond acceptors (Lipinski definition) is 4. The third-order valence-electron chi connectivity index (χ3n) is 2.87. The van der Waals surface area contributed by atoms with Crippen molar-refractivity contribution < 1.29 is 4.52 Å². The highest BCUT2D eigenvalue weighted by Gasteiger charge is 2.09. The summed E-state index contributed by atoms with van der Waals surface area (Å²) < 4.78 is 5.05. The lowest BCUT2D eigenvalue weighted by Gasteiger charge is -2.20. The number of aromatic nitrogens is 2. The van der Waals surface area contributed by atoms with Crippen LogP contribution in [0.1, 0.15) is 39.4 Å². The lowest BCUT2D eigenvalue weighted by molar-refractivity contribution is 0.376. The Morgan fingerprint density at radius 1 is 1.35 bits per heavy atom. The molecular weight excluding hydrogens is 369 g/mol. The second-order valence-corrected chi connectivity index (χ2v) is 4.92. The molecule has 1 heterocycles. The highest BCUT2D eigenvalue weighted by molar-refractivity contribution is 14.0. The molecule has 0 spiro atoms. The third-order valence-corrected chi connectivity index (χ3v) is 2.87. The van der Waals surface area contributed by atoms with E-state index < -0.39 is 0 Å². The molecule has 1 atom stereocenters. The van der Waals surface area contributed by atoms with Crippen LogP contribution >= 0.6 is 24.0 Å². The molecular formula is C13H26IN5O. The summed E-state index contributed by atoms with van der Waals surface area (Å²) in [6.45, 7) is 11.9. The minimum atomic E-state index is 0. The van der Waals surface area contributed by atoms with Crippen molar-refractivity contribution in [3.8, 4) is 0 Å². The number of nitrogens with one attached hydrogen (secondary N) is 2. The van der Waals surface area contributed by atoms with Gasteiger partial charge in [-0.15, -0.1) is 24.0 Å². The fraction of sp³-hybridized carbons (Fsp3) is 0.769. The van der Waals surface area contributed by atoms with Crippen LogP contribution in [0.3, 0.4) is 0 Å². The van der Waals surface area contributed by atoms with E-state index in [0.29, 0.717) is 36.6 Å². The summed E-state index contributed by atoms with van der Waals surface area (Å²) in [4.78, 5) is 8.66. The summed E-state index contributed by atoms with van der Waals surface area (Å²) >= 11 is 0. The van der Waals surface area contributed by atoms with Gasteiger partial charge in [-0.1, -0.05) is 19.0 Å². The van der Waals surface area contributed by atoms with Gasteiger partial charge >= 0.3 is 0 Å². The molecule has 0 saturated carbocycles. The first-order valence-corrected chi connectivity index (χ1v) is 6.87.